The van der Waals surface area contributed by atoms with E-state index in [0.717, 1.165) is 16.7 Å². The van der Waals surface area contributed by atoms with Gasteiger partial charge < -0.3 is 4.42 Å². The van der Waals surface area contributed by atoms with E-state index in [2.05, 4.69) is 74.3 Å². The van der Waals surface area contributed by atoms with E-state index in [1.807, 2.05) is 35.6 Å². The zero-order chi connectivity index (χ0) is 21.1. The Hall–Kier alpha value is -3.43. The van der Waals surface area contributed by atoms with E-state index in [1.165, 1.54) is 48.0 Å². The van der Waals surface area contributed by atoms with Crippen molar-refractivity contribution >= 4 is 42.6 Å². The number of aromatic nitrogens is 1. The van der Waals surface area contributed by atoms with Crippen molar-refractivity contribution in [2.45, 2.75) is 20.8 Å². The molecule has 0 unspecified atom stereocenters. The average molecular weight is 420 g/mol. The van der Waals surface area contributed by atoms with E-state index < -0.39 is 0 Å². The van der Waals surface area contributed by atoms with Crippen molar-refractivity contribution in [1.82, 2.24) is 4.98 Å². The van der Waals surface area contributed by atoms with Gasteiger partial charge in [0.05, 0.1) is 0 Å². The Labute approximate surface area is 184 Å². The smallest absolute Gasteiger partial charge is 0.227 e. The lowest BCUT2D eigenvalue weighted by Gasteiger charge is -2.07. The van der Waals surface area contributed by atoms with Gasteiger partial charge in [-0.15, -0.1) is 11.3 Å². The molecule has 0 saturated carbocycles. The number of benzene rings is 4. The molecule has 0 aliphatic heterocycles. The van der Waals surface area contributed by atoms with Gasteiger partial charge in [0.1, 0.15) is 5.52 Å². The minimum Gasteiger partial charge on any atom is -0.436 e. The molecule has 31 heavy (non-hydrogen) atoms. The summed E-state index contributed by atoms with van der Waals surface area (Å²) in [6.07, 6.45) is 0. The molecule has 2 nitrogen and oxygen atoms in total. The van der Waals surface area contributed by atoms with E-state index in [-0.39, 0.29) is 0 Å². The van der Waals surface area contributed by atoms with Gasteiger partial charge in [-0.2, -0.15) is 0 Å². The molecule has 150 valence electrons. The van der Waals surface area contributed by atoms with Gasteiger partial charge in [-0.3, -0.25) is 0 Å². The van der Waals surface area contributed by atoms with Gasteiger partial charge in [0.15, 0.2) is 5.58 Å². The van der Waals surface area contributed by atoms with Crippen LogP contribution in [0.1, 0.15) is 16.7 Å². The molecule has 0 atom stereocenters. The summed E-state index contributed by atoms with van der Waals surface area (Å²) < 4.78 is 8.68. The fourth-order valence-electron chi connectivity index (χ4n) is 4.48. The lowest BCUT2D eigenvalue weighted by molar-refractivity contribution is 0.620. The maximum atomic E-state index is 5.94. The standard InChI is InChI=1S/C28H21NOS/c1-16-12-18(3)26-22(14-16)23-15-17(2)13-21(27(23)31-26)19-8-10-20(11-9-19)28-29-24-6-4-5-7-25(24)30-28/h4-15H,1-3H3. The predicted octanol–water partition coefficient (Wildman–Crippen LogP) is 8.45. The van der Waals surface area contributed by atoms with Crippen molar-refractivity contribution in [2.24, 2.45) is 0 Å². The van der Waals surface area contributed by atoms with Crippen LogP contribution < -0.4 is 0 Å². The Morgan fingerprint density at radius 1 is 0.710 bits per heavy atom. The molecule has 0 N–H and O–H groups in total. The zero-order valence-electron chi connectivity index (χ0n) is 17.7. The van der Waals surface area contributed by atoms with Crippen LogP contribution >= 0.6 is 11.3 Å². The highest BCUT2D eigenvalue weighted by Crippen LogP contribution is 2.42. The minimum absolute atomic E-state index is 0.662. The number of para-hydroxylation sites is 2. The van der Waals surface area contributed by atoms with Gasteiger partial charge in [-0.1, -0.05) is 35.9 Å². The van der Waals surface area contributed by atoms with Crippen molar-refractivity contribution in [3.63, 3.8) is 0 Å². The zero-order valence-corrected chi connectivity index (χ0v) is 18.5. The van der Waals surface area contributed by atoms with Gasteiger partial charge in [0.25, 0.3) is 0 Å². The number of nitrogens with zero attached hydrogens (tertiary/aromatic N) is 1. The van der Waals surface area contributed by atoms with Gasteiger partial charge >= 0.3 is 0 Å². The predicted molar refractivity (Wildman–Crippen MR) is 132 cm³/mol. The van der Waals surface area contributed by atoms with Gasteiger partial charge in [0.2, 0.25) is 5.89 Å². The Bertz CT molecular complexity index is 1570. The van der Waals surface area contributed by atoms with Crippen LogP contribution in [-0.2, 0) is 0 Å². The van der Waals surface area contributed by atoms with Gasteiger partial charge in [-0.25, -0.2) is 4.98 Å². The summed E-state index contributed by atoms with van der Waals surface area (Å²) in [7, 11) is 0. The molecule has 0 spiro atoms. The molecular formula is C28H21NOS. The highest BCUT2D eigenvalue weighted by Gasteiger charge is 2.14. The molecule has 2 aromatic heterocycles. The van der Waals surface area contributed by atoms with E-state index in [4.69, 9.17) is 4.42 Å². The first-order valence-electron chi connectivity index (χ1n) is 10.5. The summed E-state index contributed by atoms with van der Waals surface area (Å²) >= 11 is 1.90. The second-order valence-electron chi connectivity index (χ2n) is 8.31. The molecule has 4 aromatic carbocycles. The molecular weight excluding hydrogens is 398 g/mol. The van der Waals surface area contributed by atoms with Gasteiger partial charge in [-0.05, 0) is 85.5 Å². The molecule has 2 heterocycles. The Morgan fingerprint density at radius 2 is 1.39 bits per heavy atom. The van der Waals surface area contributed by atoms with Crippen LogP contribution in [0.25, 0.3) is 53.9 Å². The van der Waals surface area contributed by atoms with Crippen LogP contribution in [0, 0.1) is 20.8 Å². The highest BCUT2D eigenvalue weighted by atomic mass is 32.1. The number of hydrogen-bond donors (Lipinski definition) is 0. The summed E-state index contributed by atoms with van der Waals surface area (Å²) in [5, 5.41) is 2.72. The van der Waals surface area contributed by atoms with Crippen LogP contribution in [0.15, 0.2) is 77.2 Å². The van der Waals surface area contributed by atoms with E-state index >= 15 is 0 Å². The fourth-order valence-corrected chi connectivity index (χ4v) is 5.75. The number of thiophene rings is 1. The van der Waals surface area contributed by atoms with E-state index in [9.17, 15) is 0 Å². The van der Waals surface area contributed by atoms with Crippen molar-refractivity contribution in [3.8, 4) is 22.6 Å². The van der Waals surface area contributed by atoms with Crippen molar-refractivity contribution < 1.29 is 4.42 Å². The molecule has 0 aliphatic carbocycles. The molecule has 0 fully saturated rings. The maximum absolute atomic E-state index is 5.94. The first-order valence-corrected chi connectivity index (χ1v) is 11.3. The normalized spacial score (nSPS) is 11.7. The minimum atomic E-state index is 0.662. The monoisotopic (exact) mass is 419 g/mol. The summed E-state index contributed by atoms with van der Waals surface area (Å²) in [6, 6.07) is 25.7. The molecule has 0 aliphatic rings. The van der Waals surface area contributed by atoms with Crippen molar-refractivity contribution in [3.05, 3.63) is 89.5 Å². The first-order chi connectivity index (χ1) is 15.1. The van der Waals surface area contributed by atoms with Crippen molar-refractivity contribution in [2.75, 3.05) is 0 Å². The van der Waals surface area contributed by atoms with E-state index in [1.54, 1.807) is 0 Å². The van der Waals surface area contributed by atoms with Gasteiger partial charge in [0, 0.05) is 25.7 Å². The Morgan fingerprint density at radius 3 is 2.16 bits per heavy atom. The third-order valence-corrected chi connectivity index (χ3v) is 7.27. The average Bonchev–Trinajstić information content (AvgIpc) is 3.35. The molecule has 6 rings (SSSR count). The largest absolute Gasteiger partial charge is 0.436 e. The summed E-state index contributed by atoms with van der Waals surface area (Å²) in [5.41, 5.74) is 9.15. The molecule has 0 radical (unpaired) electrons. The summed E-state index contributed by atoms with van der Waals surface area (Å²) in [6.45, 7) is 6.58. The SMILES string of the molecule is Cc1cc(C)c2sc3c(-c4ccc(-c5nc6ccccc6o5)cc4)cc(C)cc3c2c1. The fraction of sp³-hybridized carbons (Fsp3) is 0.107. The number of aryl methyl sites for hydroxylation is 3. The number of rotatable bonds is 2. The third kappa shape index (κ3) is 2.96. The molecule has 3 heteroatoms. The third-order valence-electron chi connectivity index (χ3n) is 5.88. The summed E-state index contributed by atoms with van der Waals surface area (Å²) in [4.78, 5) is 4.63. The topological polar surface area (TPSA) is 26.0 Å². The van der Waals surface area contributed by atoms with Crippen LogP contribution in [0.4, 0.5) is 0 Å². The maximum Gasteiger partial charge on any atom is 0.227 e. The van der Waals surface area contributed by atoms with Crippen LogP contribution in [0.3, 0.4) is 0 Å². The number of oxazole rings is 1. The van der Waals surface area contributed by atoms with E-state index in [0.29, 0.717) is 5.89 Å². The highest BCUT2D eigenvalue weighted by molar-refractivity contribution is 7.26. The van der Waals surface area contributed by atoms with Crippen LogP contribution in [-0.4, -0.2) is 4.98 Å². The summed E-state index contributed by atoms with van der Waals surface area (Å²) in [5.74, 6) is 0.662. The lowest BCUT2D eigenvalue weighted by Crippen LogP contribution is -1.83. The second kappa shape index (κ2) is 6.79. The van der Waals surface area contributed by atoms with Crippen molar-refractivity contribution in [1.29, 1.82) is 0 Å². The quantitative estimate of drug-likeness (QED) is 0.281. The van der Waals surface area contributed by atoms with Crippen LogP contribution in [0.5, 0.6) is 0 Å². The molecule has 6 aromatic rings. The lowest BCUT2D eigenvalue weighted by atomic mass is 9.98. The molecule has 0 saturated heterocycles. The second-order valence-corrected chi connectivity index (χ2v) is 9.33. The van der Waals surface area contributed by atoms with Crippen LogP contribution in [0.2, 0.25) is 0 Å². The Balaban J connectivity index is 1.51. The number of hydrogen-bond acceptors (Lipinski definition) is 3. The molecule has 0 amide bonds. The number of fused-ring (bicyclic) bond motifs is 4. The first kappa shape index (κ1) is 18.3. The molecule has 0 bridgehead atoms. The Kier molecular flexibility index (Phi) is 4.02.